The maximum atomic E-state index is 11.5. The molecule has 0 spiro atoms. The quantitative estimate of drug-likeness (QED) is 0.675. The van der Waals surface area contributed by atoms with Crippen molar-refractivity contribution in [1.29, 1.82) is 0 Å². The number of amides is 1. The van der Waals surface area contributed by atoms with Gasteiger partial charge in [0.1, 0.15) is 0 Å². The van der Waals surface area contributed by atoms with E-state index < -0.39 is 5.60 Å². The van der Waals surface area contributed by atoms with Crippen molar-refractivity contribution < 1.29 is 9.90 Å². The molecular weight excluding hydrogens is 216 g/mol. The Morgan fingerprint density at radius 2 is 2.24 bits per heavy atom. The summed E-state index contributed by atoms with van der Waals surface area (Å²) >= 11 is 0. The van der Waals surface area contributed by atoms with Crippen LogP contribution in [0.25, 0.3) is 0 Å². The number of hydrogen-bond acceptors (Lipinski definition) is 3. The minimum atomic E-state index is -0.689. The molecular formula is C13H26N2O2. The van der Waals surface area contributed by atoms with Crippen molar-refractivity contribution in [2.24, 2.45) is 5.92 Å². The van der Waals surface area contributed by atoms with Gasteiger partial charge in [-0.3, -0.25) is 4.79 Å². The van der Waals surface area contributed by atoms with Gasteiger partial charge in [0, 0.05) is 12.6 Å². The third-order valence-corrected chi connectivity index (χ3v) is 3.35. The summed E-state index contributed by atoms with van der Waals surface area (Å²) in [7, 11) is 0. The highest BCUT2D eigenvalue weighted by atomic mass is 16.3. The van der Waals surface area contributed by atoms with E-state index >= 15 is 0 Å². The summed E-state index contributed by atoms with van der Waals surface area (Å²) < 4.78 is 0. The summed E-state index contributed by atoms with van der Waals surface area (Å²) in [5, 5.41) is 16.2. The lowest BCUT2D eigenvalue weighted by Gasteiger charge is -2.35. The number of aliphatic hydroxyl groups is 1. The highest BCUT2D eigenvalue weighted by Gasteiger charge is 2.32. The van der Waals surface area contributed by atoms with Crippen molar-refractivity contribution in [1.82, 2.24) is 10.6 Å². The van der Waals surface area contributed by atoms with E-state index in [9.17, 15) is 9.90 Å². The normalized spacial score (nSPS) is 29.4. The van der Waals surface area contributed by atoms with Crippen LogP contribution in [0.3, 0.4) is 0 Å². The number of carbonyl (C=O) groups excluding carboxylic acids is 1. The van der Waals surface area contributed by atoms with Crippen LogP contribution in [-0.4, -0.2) is 35.7 Å². The van der Waals surface area contributed by atoms with Gasteiger partial charge in [0.2, 0.25) is 5.91 Å². The lowest BCUT2D eigenvalue weighted by Crippen LogP contribution is -2.48. The zero-order valence-corrected chi connectivity index (χ0v) is 11.3. The molecule has 1 amide bonds. The van der Waals surface area contributed by atoms with Gasteiger partial charge in [-0.15, -0.1) is 0 Å². The molecule has 0 bridgehead atoms. The fourth-order valence-electron chi connectivity index (χ4n) is 2.42. The lowest BCUT2D eigenvalue weighted by molar-refractivity contribution is -0.122. The fraction of sp³-hybridized carbons (Fsp3) is 0.923. The second-order valence-electron chi connectivity index (χ2n) is 5.74. The average Bonchev–Trinajstić information content (AvgIpc) is 2.23. The van der Waals surface area contributed by atoms with Crippen molar-refractivity contribution >= 4 is 5.91 Å². The summed E-state index contributed by atoms with van der Waals surface area (Å²) in [4.78, 5) is 11.5. The number of carbonyl (C=O) groups is 1. The maximum Gasteiger partial charge on any atom is 0.234 e. The minimum absolute atomic E-state index is 0.0367. The second-order valence-corrected chi connectivity index (χ2v) is 5.74. The number of hydrogen-bond donors (Lipinski definition) is 3. The Kier molecular flexibility index (Phi) is 5.40. The van der Waals surface area contributed by atoms with Crippen molar-refractivity contribution in [3.8, 4) is 0 Å². The molecule has 2 unspecified atom stereocenters. The highest BCUT2D eigenvalue weighted by Crippen LogP contribution is 2.31. The van der Waals surface area contributed by atoms with E-state index in [-0.39, 0.29) is 5.91 Å². The van der Waals surface area contributed by atoms with E-state index in [0.29, 0.717) is 25.0 Å². The molecule has 0 aromatic carbocycles. The van der Waals surface area contributed by atoms with Crippen LogP contribution in [0.5, 0.6) is 0 Å². The molecule has 0 saturated heterocycles. The number of nitrogens with one attached hydrogen (secondary N) is 2. The summed E-state index contributed by atoms with van der Waals surface area (Å²) in [5.74, 6) is 0.518. The van der Waals surface area contributed by atoms with Gasteiger partial charge >= 0.3 is 0 Å². The molecule has 0 aromatic rings. The molecule has 1 aliphatic carbocycles. The summed E-state index contributed by atoms with van der Waals surface area (Å²) in [6.45, 7) is 6.87. The van der Waals surface area contributed by atoms with Crippen LogP contribution in [0.4, 0.5) is 0 Å². The van der Waals surface area contributed by atoms with Gasteiger partial charge in [-0.1, -0.05) is 33.6 Å². The zero-order valence-electron chi connectivity index (χ0n) is 11.3. The molecule has 1 fully saturated rings. The van der Waals surface area contributed by atoms with E-state index in [1.807, 2.05) is 13.8 Å². The number of rotatable bonds is 5. The zero-order chi connectivity index (χ0) is 12.9. The third-order valence-electron chi connectivity index (χ3n) is 3.35. The molecule has 4 heteroatoms. The van der Waals surface area contributed by atoms with Crippen LogP contribution in [-0.2, 0) is 4.79 Å². The third kappa shape index (κ3) is 5.50. The molecule has 17 heavy (non-hydrogen) atoms. The van der Waals surface area contributed by atoms with Crippen molar-refractivity contribution in [2.75, 3.05) is 13.1 Å². The fourth-order valence-corrected chi connectivity index (χ4v) is 2.42. The maximum absolute atomic E-state index is 11.5. The van der Waals surface area contributed by atoms with E-state index in [0.717, 1.165) is 19.3 Å². The van der Waals surface area contributed by atoms with Crippen LogP contribution >= 0.6 is 0 Å². The van der Waals surface area contributed by atoms with Crippen LogP contribution in [0.1, 0.15) is 46.5 Å². The van der Waals surface area contributed by atoms with Gasteiger partial charge in [-0.05, 0) is 18.8 Å². The van der Waals surface area contributed by atoms with Gasteiger partial charge in [-0.25, -0.2) is 0 Å². The Labute approximate surface area is 104 Å². The van der Waals surface area contributed by atoms with Gasteiger partial charge < -0.3 is 15.7 Å². The SMILES string of the molecule is CC1CCCC(O)(CNC(=O)CNC(C)C)C1. The topological polar surface area (TPSA) is 61.4 Å². The molecule has 1 rings (SSSR count). The van der Waals surface area contributed by atoms with Crippen LogP contribution in [0, 0.1) is 5.92 Å². The lowest BCUT2D eigenvalue weighted by atomic mass is 9.79. The Hall–Kier alpha value is -0.610. The minimum Gasteiger partial charge on any atom is -0.388 e. The van der Waals surface area contributed by atoms with Crippen molar-refractivity contribution in [2.45, 2.75) is 58.1 Å². The van der Waals surface area contributed by atoms with Crippen LogP contribution in [0.2, 0.25) is 0 Å². The molecule has 1 aliphatic rings. The van der Waals surface area contributed by atoms with Gasteiger partial charge in [0.15, 0.2) is 0 Å². The van der Waals surface area contributed by atoms with Crippen molar-refractivity contribution in [3.63, 3.8) is 0 Å². The second kappa shape index (κ2) is 6.36. The van der Waals surface area contributed by atoms with E-state index in [4.69, 9.17) is 0 Å². The molecule has 0 heterocycles. The summed E-state index contributed by atoms with van der Waals surface area (Å²) in [6.07, 6.45) is 3.84. The Balaban J connectivity index is 2.26. The molecule has 3 N–H and O–H groups in total. The van der Waals surface area contributed by atoms with E-state index in [1.54, 1.807) is 0 Å². The van der Waals surface area contributed by atoms with Gasteiger partial charge in [0.05, 0.1) is 12.1 Å². The summed E-state index contributed by atoms with van der Waals surface area (Å²) in [6, 6.07) is 0.304. The van der Waals surface area contributed by atoms with Gasteiger partial charge in [-0.2, -0.15) is 0 Å². The molecule has 4 nitrogen and oxygen atoms in total. The average molecular weight is 242 g/mol. The Morgan fingerprint density at radius 1 is 1.53 bits per heavy atom. The monoisotopic (exact) mass is 242 g/mol. The first-order valence-corrected chi connectivity index (χ1v) is 6.64. The molecule has 0 aliphatic heterocycles. The first-order valence-electron chi connectivity index (χ1n) is 6.64. The highest BCUT2D eigenvalue weighted by molar-refractivity contribution is 5.78. The van der Waals surface area contributed by atoms with Crippen LogP contribution < -0.4 is 10.6 Å². The molecule has 0 radical (unpaired) electrons. The van der Waals surface area contributed by atoms with Crippen LogP contribution in [0.15, 0.2) is 0 Å². The predicted molar refractivity (Wildman–Crippen MR) is 68.7 cm³/mol. The standard InChI is InChI=1S/C13H26N2O2/c1-10(2)14-8-12(16)15-9-13(17)6-4-5-11(3)7-13/h10-11,14,17H,4-9H2,1-3H3,(H,15,16). The van der Waals surface area contributed by atoms with E-state index in [2.05, 4.69) is 17.6 Å². The van der Waals surface area contributed by atoms with E-state index in [1.165, 1.54) is 6.42 Å². The van der Waals surface area contributed by atoms with Crippen molar-refractivity contribution in [3.05, 3.63) is 0 Å². The molecule has 100 valence electrons. The Bertz CT molecular complexity index is 256. The smallest absolute Gasteiger partial charge is 0.234 e. The molecule has 1 saturated carbocycles. The predicted octanol–water partition coefficient (Wildman–Crippen LogP) is 1.04. The summed E-state index contributed by atoms with van der Waals surface area (Å²) in [5.41, 5.74) is -0.689. The van der Waals surface area contributed by atoms with Gasteiger partial charge in [0.25, 0.3) is 0 Å². The molecule has 0 aromatic heterocycles. The first-order chi connectivity index (χ1) is 7.91. The largest absolute Gasteiger partial charge is 0.388 e. The first kappa shape index (κ1) is 14.5. The molecule has 2 atom stereocenters. The Morgan fingerprint density at radius 3 is 2.82 bits per heavy atom.